The lowest BCUT2D eigenvalue weighted by Crippen LogP contribution is -2.53. The van der Waals surface area contributed by atoms with Gasteiger partial charge in [-0.05, 0) is 18.1 Å². The third kappa shape index (κ3) is 3.88. The summed E-state index contributed by atoms with van der Waals surface area (Å²) in [5, 5.41) is 39.5. The van der Waals surface area contributed by atoms with Crippen LogP contribution in [0.5, 0.6) is 5.75 Å². The molecule has 1 aliphatic heterocycles. The van der Waals surface area contributed by atoms with E-state index in [0.717, 1.165) is 5.56 Å². The molecule has 0 unspecified atom stereocenters. The van der Waals surface area contributed by atoms with Crippen LogP contribution in [0.4, 0.5) is 0 Å². The summed E-state index contributed by atoms with van der Waals surface area (Å²) >= 11 is 0. The highest BCUT2D eigenvalue weighted by Crippen LogP contribution is 2.41. The Morgan fingerprint density at radius 3 is 2.46 bits per heavy atom. The molecule has 2 aromatic rings. The number of rotatable bonds is 5. The second-order valence-corrected chi connectivity index (χ2v) is 6.93. The van der Waals surface area contributed by atoms with Crippen molar-refractivity contribution in [3.05, 3.63) is 53.6 Å². The lowest BCUT2D eigenvalue weighted by molar-refractivity contribution is -0.219. The monoisotopic (exact) mass is 388 g/mol. The first kappa shape index (κ1) is 20.3. The van der Waals surface area contributed by atoms with Crippen molar-refractivity contribution in [3.63, 3.8) is 0 Å². The number of hydrogen-bond donors (Lipinski definition) is 4. The van der Waals surface area contributed by atoms with Crippen LogP contribution >= 0.6 is 0 Å². The van der Waals surface area contributed by atoms with Crippen molar-refractivity contribution in [1.82, 2.24) is 0 Å². The highest BCUT2D eigenvalue weighted by atomic mass is 16.5. The van der Waals surface area contributed by atoms with E-state index in [0.29, 0.717) is 22.4 Å². The van der Waals surface area contributed by atoms with E-state index in [1.807, 2.05) is 12.1 Å². The molecule has 4 N–H and O–H groups in total. The van der Waals surface area contributed by atoms with Gasteiger partial charge in [0, 0.05) is 11.1 Å². The average molecular weight is 388 g/mol. The molecule has 1 saturated heterocycles. The third-order valence-corrected chi connectivity index (χ3v) is 5.00. The Hall–Kier alpha value is -2.45. The molecule has 1 heterocycles. The van der Waals surface area contributed by atoms with Crippen molar-refractivity contribution in [3.8, 4) is 16.9 Å². The Kier molecular flexibility index (Phi) is 6.00. The molecule has 28 heavy (non-hydrogen) atoms. The van der Waals surface area contributed by atoms with Crippen molar-refractivity contribution in [2.24, 2.45) is 0 Å². The van der Waals surface area contributed by atoms with Gasteiger partial charge in [-0.15, -0.1) is 0 Å². The number of hydrogen-bond acceptors (Lipinski definition) is 6. The quantitative estimate of drug-likeness (QED) is 0.614. The Bertz CT molecular complexity index is 850. The zero-order valence-electron chi connectivity index (χ0n) is 15.6. The van der Waals surface area contributed by atoms with Gasteiger partial charge in [0.1, 0.15) is 30.2 Å². The summed E-state index contributed by atoms with van der Waals surface area (Å²) in [7, 11) is 1.49. The number of carboxylic acid groups (broad SMARTS) is 1. The molecule has 5 atom stereocenters. The van der Waals surface area contributed by atoms with E-state index in [9.17, 15) is 20.1 Å². The van der Waals surface area contributed by atoms with E-state index in [1.165, 1.54) is 7.11 Å². The maximum atomic E-state index is 11.0. The highest BCUT2D eigenvalue weighted by molar-refractivity contribution is 5.75. The van der Waals surface area contributed by atoms with Gasteiger partial charge in [0.25, 0.3) is 0 Å². The minimum Gasteiger partial charge on any atom is -0.496 e. The van der Waals surface area contributed by atoms with Crippen LogP contribution in [0, 0.1) is 0 Å². The molecule has 0 aromatic heterocycles. The van der Waals surface area contributed by atoms with Crippen molar-refractivity contribution < 1.29 is 34.7 Å². The first-order valence-corrected chi connectivity index (χ1v) is 9.01. The summed E-state index contributed by atoms with van der Waals surface area (Å²) in [6.07, 6.45) is -5.51. The van der Waals surface area contributed by atoms with E-state index in [4.69, 9.17) is 14.6 Å². The van der Waals surface area contributed by atoms with Crippen LogP contribution in [0.2, 0.25) is 0 Å². The Balaban J connectivity index is 2.04. The number of aliphatic carboxylic acids is 1. The summed E-state index contributed by atoms with van der Waals surface area (Å²) in [5.74, 6) is -0.465. The summed E-state index contributed by atoms with van der Waals surface area (Å²) in [6, 6.07) is 12.5. The largest absolute Gasteiger partial charge is 0.496 e. The lowest BCUT2D eigenvalue weighted by atomic mass is 9.89. The van der Waals surface area contributed by atoms with E-state index in [1.54, 1.807) is 37.3 Å². The van der Waals surface area contributed by atoms with Crippen LogP contribution in [0.3, 0.4) is 0 Å². The van der Waals surface area contributed by atoms with Gasteiger partial charge in [-0.2, -0.15) is 0 Å². The first-order valence-electron chi connectivity index (χ1n) is 9.01. The van der Waals surface area contributed by atoms with Crippen molar-refractivity contribution >= 4 is 5.97 Å². The zero-order valence-corrected chi connectivity index (χ0v) is 15.6. The molecule has 0 saturated carbocycles. The molecule has 0 amide bonds. The number of para-hydroxylation sites is 1. The molecule has 7 heteroatoms. The molecule has 3 rings (SSSR count). The summed E-state index contributed by atoms with van der Waals surface area (Å²) in [5.41, 5.74) is 2.65. The van der Waals surface area contributed by atoms with Gasteiger partial charge >= 0.3 is 5.97 Å². The number of benzene rings is 2. The maximum Gasteiger partial charge on any atom is 0.307 e. The van der Waals surface area contributed by atoms with Gasteiger partial charge in [-0.25, -0.2) is 0 Å². The molecule has 0 spiro atoms. The van der Waals surface area contributed by atoms with Gasteiger partial charge in [0.2, 0.25) is 0 Å². The fraction of sp³-hybridized carbons (Fsp3) is 0.381. The van der Waals surface area contributed by atoms with E-state index in [-0.39, 0.29) is 6.42 Å². The molecule has 0 bridgehead atoms. The third-order valence-electron chi connectivity index (χ3n) is 5.00. The number of methoxy groups -OCH3 is 1. The topological polar surface area (TPSA) is 116 Å². The predicted octanol–water partition coefficient (Wildman–Crippen LogP) is 1.53. The number of carboxylic acids is 1. The minimum absolute atomic E-state index is 0.0953. The van der Waals surface area contributed by atoms with Crippen LogP contribution in [0.25, 0.3) is 11.1 Å². The van der Waals surface area contributed by atoms with Crippen LogP contribution in [-0.2, 0) is 16.0 Å². The minimum atomic E-state index is -1.35. The number of aliphatic hydroxyl groups excluding tert-OH is 3. The lowest BCUT2D eigenvalue weighted by Gasteiger charge is -2.40. The second kappa shape index (κ2) is 8.28. The summed E-state index contributed by atoms with van der Waals surface area (Å²) < 4.78 is 11.4. The van der Waals surface area contributed by atoms with E-state index < -0.39 is 36.5 Å². The second-order valence-electron chi connectivity index (χ2n) is 6.93. The molecular weight excluding hydrogens is 364 g/mol. The van der Waals surface area contributed by atoms with Crippen molar-refractivity contribution in [2.75, 3.05) is 7.11 Å². The zero-order chi connectivity index (χ0) is 20.4. The number of carbonyl (C=O) groups is 1. The highest BCUT2D eigenvalue weighted by Gasteiger charge is 2.43. The molecule has 1 fully saturated rings. The normalized spacial score (nSPS) is 27.4. The Morgan fingerprint density at radius 2 is 1.79 bits per heavy atom. The molecular formula is C21H24O7. The van der Waals surface area contributed by atoms with Crippen LogP contribution in [-0.4, -0.2) is 57.9 Å². The van der Waals surface area contributed by atoms with E-state index >= 15 is 0 Å². The standard InChI is InChI=1S/C21H24O7/c1-11-17(24)18(25)19(26)21(28-11)15-8-4-7-14(20(15)27-2)13-6-3-5-12(9-13)10-16(22)23/h3-9,11,17-19,21,24-26H,10H2,1-2H3,(H,22,23)/t11-,17+,18+,19-,21+/m0/s1. The summed E-state index contributed by atoms with van der Waals surface area (Å²) in [4.78, 5) is 11.0. The fourth-order valence-electron chi connectivity index (χ4n) is 3.57. The molecule has 2 aromatic carbocycles. The SMILES string of the molecule is COc1c(-c2cccc(CC(=O)O)c2)cccc1[C@H]1O[C@@H](C)[C@@H](O)[C@@H](O)[C@@H]1O. The Morgan fingerprint density at radius 1 is 1.07 bits per heavy atom. The molecule has 0 radical (unpaired) electrons. The van der Waals surface area contributed by atoms with Crippen LogP contribution in [0.15, 0.2) is 42.5 Å². The molecule has 150 valence electrons. The van der Waals surface area contributed by atoms with Gasteiger partial charge in [0.05, 0.1) is 19.6 Å². The molecule has 0 aliphatic carbocycles. The van der Waals surface area contributed by atoms with Gasteiger partial charge in [0.15, 0.2) is 0 Å². The predicted molar refractivity (Wildman–Crippen MR) is 101 cm³/mol. The number of ether oxygens (including phenoxy) is 2. The smallest absolute Gasteiger partial charge is 0.307 e. The van der Waals surface area contributed by atoms with E-state index in [2.05, 4.69) is 0 Å². The van der Waals surface area contributed by atoms with Gasteiger partial charge < -0.3 is 29.9 Å². The van der Waals surface area contributed by atoms with Gasteiger partial charge in [-0.1, -0.05) is 42.5 Å². The van der Waals surface area contributed by atoms with Crippen LogP contribution in [0.1, 0.15) is 24.2 Å². The average Bonchev–Trinajstić information content (AvgIpc) is 2.68. The Labute approximate surface area is 162 Å². The first-order chi connectivity index (χ1) is 13.3. The number of aliphatic hydroxyl groups is 3. The molecule has 7 nitrogen and oxygen atoms in total. The fourth-order valence-corrected chi connectivity index (χ4v) is 3.57. The molecule has 1 aliphatic rings. The van der Waals surface area contributed by atoms with Gasteiger partial charge in [-0.3, -0.25) is 4.79 Å². The van der Waals surface area contributed by atoms with Crippen LogP contribution < -0.4 is 4.74 Å². The van der Waals surface area contributed by atoms with Crippen molar-refractivity contribution in [2.45, 2.75) is 43.9 Å². The summed E-state index contributed by atoms with van der Waals surface area (Å²) in [6.45, 7) is 1.62. The van der Waals surface area contributed by atoms with Crippen molar-refractivity contribution in [1.29, 1.82) is 0 Å². The maximum absolute atomic E-state index is 11.0.